The van der Waals surface area contributed by atoms with E-state index in [2.05, 4.69) is 15.5 Å². The summed E-state index contributed by atoms with van der Waals surface area (Å²) in [4.78, 5) is 41.7. The molecular weight excluding hydrogens is 496 g/mol. The van der Waals surface area contributed by atoms with Crippen LogP contribution in [0.25, 0.3) is 10.8 Å². The first-order chi connectivity index (χ1) is 18.8. The Balaban J connectivity index is 1.74. The van der Waals surface area contributed by atoms with Gasteiger partial charge in [0, 0.05) is 42.9 Å². The summed E-state index contributed by atoms with van der Waals surface area (Å²) in [6.45, 7) is 3.86. The third-order valence-corrected chi connectivity index (χ3v) is 6.84. The second-order valence-corrected chi connectivity index (χ2v) is 9.63. The van der Waals surface area contributed by atoms with Gasteiger partial charge in [-0.25, -0.2) is 0 Å². The molecule has 1 unspecified atom stereocenters. The zero-order chi connectivity index (χ0) is 27.9. The molecule has 0 aliphatic rings. The molecule has 1 heterocycles. The summed E-state index contributed by atoms with van der Waals surface area (Å²) in [6.07, 6.45) is 1.59. The number of H-pyrrole nitrogens is 1. The predicted octanol–water partition coefficient (Wildman–Crippen LogP) is 4.50. The fraction of sp³-hybridized carbons (Fsp3) is 0.267. The normalized spacial score (nSPS) is 12.6. The molecule has 0 bridgehead atoms. The molecule has 4 N–H and O–H groups in total. The molecule has 0 saturated heterocycles. The van der Waals surface area contributed by atoms with E-state index >= 15 is 0 Å². The van der Waals surface area contributed by atoms with E-state index in [1.54, 1.807) is 42.6 Å². The van der Waals surface area contributed by atoms with Crippen molar-refractivity contribution in [3.05, 3.63) is 110 Å². The third kappa shape index (κ3) is 6.39. The number of aliphatic hydroxyl groups excluding tert-OH is 2. The lowest BCUT2D eigenvalue weighted by Crippen LogP contribution is -2.39. The molecule has 202 valence electrons. The molecule has 3 aromatic carbocycles. The third-order valence-electron chi connectivity index (χ3n) is 6.84. The van der Waals surface area contributed by atoms with Gasteiger partial charge in [-0.05, 0) is 70.1 Å². The Kier molecular flexibility index (Phi) is 8.85. The van der Waals surface area contributed by atoms with Crippen molar-refractivity contribution in [2.45, 2.75) is 32.4 Å². The van der Waals surface area contributed by atoms with Crippen LogP contribution in [0, 0.1) is 11.8 Å². The predicted molar refractivity (Wildman–Crippen MR) is 152 cm³/mol. The van der Waals surface area contributed by atoms with Crippen molar-refractivity contribution in [1.82, 2.24) is 9.88 Å². The standard InChI is InChI=1S/C30H32N4O5/c1-19-14-23(7-9-26(19)20(2)18-36)28(32-24-8-6-22-10-11-31-29(37)27(22)16-24)30(38)34(12-13-35)17-21-4-3-5-25(15-21)33-39/h3-11,14-16,20,28,32,35-36H,12-13,17-18H2,1-2H3,(H,31,37)/t20-,28?/m0/s1. The highest BCUT2D eigenvalue weighted by atomic mass is 16.3. The van der Waals surface area contributed by atoms with E-state index in [0.29, 0.717) is 22.2 Å². The van der Waals surface area contributed by atoms with Crippen LogP contribution in [-0.2, 0) is 11.3 Å². The fourth-order valence-corrected chi connectivity index (χ4v) is 4.76. The second-order valence-electron chi connectivity index (χ2n) is 9.63. The number of pyridine rings is 1. The van der Waals surface area contributed by atoms with Gasteiger partial charge >= 0.3 is 0 Å². The molecule has 1 amide bonds. The van der Waals surface area contributed by atoms with Crippen LogP contribution in [0.5, 0.6) is 0 Å². The number of carbonyl (C=O) groups is 1. The Morgan fingerprint density at radius 1 is 1.08 bits per heavy atom. The zero-order valence-electron chi connectivity index (χ0n) is 21.9. The average Bonchev–Trinajstić information content (AvgIpc) is 2.95. The monoisotopic (exact) mass is 528 g/mol. The summed E-state index contributed by atoms with van der Waals surface area (Å²) in [5.41, 5.74) is 3.91. The quantitative estimate of drug-likeness (QED) is 0.212. The molecule has 2 atom stereocenters. The van der Waals surface area contributed by atoms with Gasteiger partial charge in [0.15, 0.2) is 0 Å². The second kappa shape index (κ2) is 12.5. The highest BCUT2D eigenvalue weighted by Gasteiger charge is 2.27. The molecule has 4 aromatic rings. The number of amides is 1. The van der Waals surface area contributed by atoms with Gasteiger partial charge in [-0.1, -0.05) is 43.3 Å². The van der Waals surface area contributed by atoms with Crippen LogP contribution in [0.2, 0.25) is 0 Å². The van der Waals surface area contributed by atoms with Gasteiger partial charge in [0.25, 0.3) is 5.56 Å². The van der Waals surface area contributed by atoms with Crippen molar-refractivity contribution >= 4 is 28.1 Å². The first-order valence-corrected chi connectivity index (χ1v) is 12.8. The van der Waals surface area contributed by atoms with Crippen LogP contribution in [0.1, 0.15) is 41.1 Å². The number of nitrogens with one attached hydrogen (secondary N) is 2. The van der Waals surface area contributed by atoms with Crippen LogP contribution in [0.3, 0.4) is 0 Å². The lowest BCUT2D eigenvalue weighted by Gasteiger charge is -2.29. The molecule has 39 heavy (non-hydrogen) atoms. The summed E-state index contributed by atoms with van der Waals surface area (Å²) >= 11 is 0. The Labute approximate surface area is 226 Å². The number of aromatic amines is 1. The van der Waals surface area contributed by atoms with Crippen LogP contribution < -0.4 is 10.9 Å². The van der Waals surface area contributed by atoms with Gasteiger partial charge in [-0.3, -0.25) is 9.59 Å². The number of nitroso groups, excluding NO2 is 1. The lowest BCUT2D eigenvalue weighted by atomic mass is 9.93. The number of anilines is 1. The molecule has 0 radical (unpaired) electrons. The van der Waals surface area contributed by atoms with Crippen molar-refractivity contribution in [1.29, 1.82) is 0 Å². The minimum Gasteiger partial charge on any atom is -0.396 e. The minimum absolute atomic E-state index is 0.00538. The van der Waals surface area contributed by atoms with Crippen LogP contribution >= 0.6 is 0 Å². The van der Waals surface area contributed by atoms with Gasteiger partial charge in [-0.15, -0.1) is 4.91 Å². The first-order valence-electron chi connectivity index (χ1n) is 12.8. The molecule has 0 spiro atoms. The lowest BCUT2D eigenvalue weighted by molar-refractivity contribution is -0.133. The Morgan fingerprint density at radius 3 is 2.62 bits per heavy atom. The molecule has 4 rings (SSSR count). The molecular formula is C30H32N4O5. The number of benzene rings is 3. The maximum atomic E-state index is 14.1. The number of aromatic nitrogens is 1. The summed E-state index contributed by atoms with van der Waals surface area (Å²) in [7, 11) is 0. The van der Waals surface area contributed by atoms with E-state index in [-0.39, 0.29) is 49.4 Å². The van der Waals surface area contributed by atoms with E-state index in [4.69, 9.17) is 0 Å². The van der Waals surface area contributed by atoms with E-state index < -0.39 is 6.04 Å². The molecule has 1 aromatic heterocycles. The molecule has 0 saturated carbocycles. The highest BCUT2D eigenvalue weighted by molar-refractivity contribution is 5.89. The maximum Gasteiger partial charge on any atom is 0.255 e. The van der Waals surface area contributed by atoms with Gasteiger partial charge in [0.1, 0.15) is 11.7 Å². The number of fused-ring (bicyclic) bond motifs is 1. The summed E-state index contributed by atoms with van der Waals surface area (Å²) < 4.78 is 0. The fourth-order valence-electron chi connectivity index (χ4n) is 4.76. The number of nitrogens with zero attached hydrogens (tertiary/aromatic N) is 2. The number of aryl methyl sites for hydroxylation is 1. The molecule has 9 heteroatoms. The number of aliphatic hydroxyl groups is 2. The average molecular weight is 529 g/mol. The van der Waals surface area contributed by atoms with E-state index in [0.717, 1.165) is 16.5 Å². The van der Waals surface area contributed by atoms with Crippen LogP contribution in [0.4, 0.5) is 11.4 Å². The van der Waals surface area contributed by atoms with Crippen molar-refractivity contribution < 1.29 is 15.0 Å². The summed E-state index contributed by atoms with van der Waals surface area (Å²) in [5, 5.41) is 27.0. The van der Waals surface area contributed by atoms with E-state index in [1.165, 1.54) is 4.90 Å². The summed E-state index contributed by atoms with van der Waals surface area (Å²) in [6, 6.07) is 18.6. The zero-order valence-corrected chi connectivity index (χ0v) is 21.9. The SMILES string of the molecule is Cc1cc(C(Nc2ccc3cc[nH]c(=O)c3c2)C(=O)N(CCO)Cc2cccc(N=O)c2)ccc1[C@@H](C)CO. The summed E-state index contributed by atoms with van der Waals surface area (Å²) in [5.74, 6) is -0.351. The Morgan fingerprint density at radius 2 is 1.90 bits per heavy atom. The molecule has 0 fully saturated rings. The molecule has 0 aliphatic heterocycles. The van der Waals surface area contributed by atoms with Crippen LogP contribution in [-0.4, -0.2) is 45.8 Å². The van der Waals surface area contributed by atoms with Crippen LogP contribution in [0.15, 0.2) is 82.9 Å². The number of carbonyl (C=O) groups excluding carboxylic acids is 1. The topological polar surface area (TPSA) is 135 Å². The van der Waals surface area contributed by atoms with Gasteiger partial charge in [-0.2, -0.15) is 0 Å². The van der Waals surface area contributed by atoms with Crippen molar-refractivity contribution in [2.75, 3.05) is 25.1 Å². The maximum absolute atomic E-state index is 14.1. The minimum atomic E-state index is -0.846. The van der Waals surface area contributed by atoms with Gasteiger partial charge in [0.05, 0.1) is 6.61 Å². The van der Waals surface area contributed by atoms with E-state index in [9.17, 15) is 24.7 Å². The number of hydrogen-bond acceptors (Lipinski definition) is 7. The Bertz CT molecular complexity index is 1530. The number of rotatable bonds is 11. The smallest absolute Gasteiger partial charge is 0.255 e. The van der Waals surface area contributed by atoms with Gasteiger partial charge in [0.2, 0.25) is 5.91 Å². The van der Waals surface area contributed by atoms with Crippen molar-refractivity contribution in [2.24, 2.45) is 5.18 Å². The first kappa shape index (κ1) is 27.7. The number of hydrogen-bond donors (Lipinski definition) is 4. The molecule has 9 nitrogen and oxygen atoms in total. The Hall–Kier alpha value is -4.34. The van der Waals surface area contributed by atoms with Crippen molar-refractivity contribution in [3.8, 4) is 0 Å². The van der Waals surface area contributed by atoms with Gasteiger partial charge < -0.3 is 25.4 Å². The van der Waals surface area contributed by atoms with E-state index in [1.807, 2.05) is 44.2 Å². The van der Waals surface area contributed by atoms with Crippen molar-refractivity contribution in [3.63, 3.8) is 0 Å². The largest absolute Gasteiger partial charge is 0.396 e. The molecule has 0 aliphatic carbocycles. The highest BCUT2D eigenvalue weighted by Crippen LogP contribution is 2.29.